The van der Waals surface area contributed by atoms with Crippen molar-refractivity contribution in [1.82, 2.24) is 30.9 Å². The Morgan fingerprint density at radius 2 is 1.72 bits per heavy atom. The molecule has 0 aliphatic carbocycles. The number of fused-ring (bicyclic) bond motifs is 2. The van der Waals surface area contributed by atoms with Crippen LogP contribution < -0.4 is 21.7 Å². The number of rotatable bonds is 3. The Kier molecular flexibility index (Phi) is 11.9. The van der Waals surface area contributed by atoms with Gasteiger partial charge in [0.05, 0.1) is 18.8 Å². The minimum atomic E-state index is -0.819. The van der Waals surface area contributed by atoms with Crippen LogP contribution in [-0.4, -0.2) is 71.0 Å². The van der Waals surface area contributed by atoms with Crippen LogP contribution in [0, 0.1) is 0 Å². The maximum atomic E-state index is 13.2. The molecule has 0 fully saturated rings. The fourth-order valence-electron chi connectivity index (χ4n) is 4.37. The number of amides is 3. The smallest absolute Gasteiger partial charge is 0.328 e. The number of methoxy groups -OCH3 is 1. The van der Waals surface area contributed by atoms with Crippen molar-refractivity contribution in [3.63, 3.8) is 0 Å². The fraction of sp³-hybridized carbons (Fsp3) is 0.556. The number of benzene rings is 1. The van der Waals surface area contributed by atoms with Crippen molar-refractivity contribution in [1.29, 1.82) is 0 Å². The van der Waals surface area contributed by atoms with Crippen LogP contribution in [0.15, 0.2) is 36.5 Å². The molecule has 12 nitrogen and oxygen atoms in total. The number of carbonyl (C=O) groups is 4. The first-order valence-electron chi connectivity index (χ1n) is 13.5. The Morgan fingerprint density at radius 3 is 2.46 bits per heavy atom. The molecule has 3 unspecified atom stereocenters. The minimum Gasteiger partial charge on any atom is -0.467 e. The third kappa shape index (κ3) is 9.78. The normalized spacial score (nSPS) is 22.8. The van der Waals surface area contributed by atoms with Crippen LogP contribution in [0.25, 0.3) is 0 Å². The number of nitrogens with one attached hydrogen (secondary N) is 3. The highest BCUT2D eigenvalue weighted by Crippen LogP contribution is 2.15. The van der Waals surface area contributed by atoms with E-state index in [1.807, 2.05) is 30.3 Å². The predicted molar refractivity (Wildman–Crippen MR) is 143 cm³/mol. The minimum absolute atomic E-state index is 0.117. The standard InChI is InChI=1S/C27H39N7O5/c1-39-27(38)22-12-6-8-16-30-26(37)23(17-19-9-3-2-4-10-19)34-18-20(32-33-34)13-14-24(35)29-15-7-5-11-21(28)25(36)31-22/h2-4,9-10,18,21-23H,5-8,11-17,28H2,1H3,(H,29,35)(H,30,37)(H,31,36). The van der Waals surface area contributed by atoms with E-state index >= 15 is 0 Å². The van der Waals surface area contributed by atoms with Crippen LogP contribution in [0.5, 0.6) is 0 Å². The first kappa shape index (κ1) is 29.8. The molecule has 0 saturated carbocycles. The lowest BCUT2D eigenvalue weighted by Gasteiger charge is -2.20. The van der Waals surface area contributed by atoms with E-state index in [9.17, 15) is 19.2 Å². The molecular formula is C27H39N7O5. The number of hydrogen-bond donors (Lipinski definition) is 4. The van der Waals surface area contributed by atoms with Gasteiger partial charge >= 0.3 is 5.97 Å². The summed E-state index contributed by atoms with van der Waals surface area (Å²) < 4.78 is 6.40. The van der Waals surface area contributed by atoms with Crippen LogP contribution >= 0.6 is 0 Å². The van der Waals surface area contributed by atoms with Crippen LogP contribution in [0.4, 0.5) is 0 Å². The number of esters is 1. The number of aryl methyl sites for hydroxylation is 1. The summed E-state index contributed by atoms with van der Waals surface area (Å²) in [6.07, 6.45) is 6.05. The molecule has 1 aliphatic rings. The molecule has 1 aromatic carbocycles. The molecule has 0 saturated heterocycles. The molecule has 2 aromatic rings. The Bertz CT molecular complexity index is 1090. The molecule has 3 atom stereocenters. The molecule has 39 heavy (non-hydrogen) atoms. The molecule has 3 rings (SSSR count). The SMILES string of the molecule is COC(=O)C1CCCCNC(=O)C(Cc2ccccc2)n2cc(nn2)CCC(=O)NCCCCC(N)C(=O)N1. The molecule has 0 radical (unpaired) electrons. The average molecular weight is 542 g/mol. The predicted octanol–water partition coefficient (Wildman–Crippen LogP) is 0.566. The topological polar surface area (TPSA) is 170 Å². The molecule has 3 amide bonds. The molecule has 212 valence electrons. The van der Waals surface area contributed by atoms with Crippen molar-refractivity contribution in [3.8, 4) is 0 Å². The number of carbonyl (C=O) groups excluding carboxylic acids is 4. The van der Waals surface area contributed by atoms with E-state index in [0.717, 1.165) is 5.56 Å². The summed E-state index contributed by atoms with van der Waals surface area (Å²) in [4.78, 5) is 50.3. The Balaban J connectivity index is 1.71. The van der Waals surface area contributed by atoms with Crippen LogP contribution in [0.1, 0.15) is 62.2 Å². The monoisotopic (exact) mass is 541 g/mol. The summed E-state index contributed by atoms with van der Waals surface area (Å²) in [5.41, 5.74) is 7.63. The number of nitrogens with zero attached hydrogens (tertiary/aromatic N) is 3. The summed E-state index contributed by atoms with van der Waals surface area (Å²) >= 11 is 0. The first-order chi connectivity index (χ1) is 18.9. The van der Waals surface area contributed by atoms with Crippen molar-refractivity contribution in [2.45, 2.75) is 75.9 Å². The van der Waals surface area contributed by atoms with Crippen molar-refractivity contribution in [3.05, 3.63) is 47.8 Å². The van der Waals surface area contributed by atoms with Crippen molar-refractivity contribution in [2.75, 3.05) is 20.2 Å². The van der Waals surface area contributed by atoms with Crippen LogP contribution in [-0.2, 0) is 36.8 Å². The molecule has 1 aromatic heterocycles. The fourth-order valence-corrected chi connectivity index (χ4v) is 4.37. The lowest BCUT2D eigenvalue weighted by Crippen LogP contribution is -2.48. The zero-order chi connectivity index (χ0) is 28.0. The second-order valence-electron chi connectivity index (χ2n) is 9.72. The highest BCUT2D eigenvalue weighted by atomic mass is 16.5. The van der Waals surface area contributed by atoms with Gasteiger partial charge < -0.3 is 26.4 Å². The van der Waals surface area contributed by atoms with E-state index in [1.54, 1.807) is 10.9 Å². The zero-order valence-corrected chi connectivity index (χ0v) is 22.4. The highest BCUT2D eigenvalue weighted by molar-refractivity contribution is 5.87. The van der Waals surface area contributed by atoms with E-state index in [0.29, 0.717) is 70.2 Å². The van der Waals surface area contributed by atoms with Crippen LogP contribution in [0.2, 0.25) is 0 Å². The Morgan fingerprint density at radius 1 is 1.00 bits per heavy atom. The summed E-state index contributed by atoms with van der Waals surface area (Å²) in [6, 6.07) is 7.43. The highest BCUT2D eigenvalue weighted by Gasteiger charge is 2.25. The van der Waals surface area contributed by atoms with Crippen molar-refractivity contribution >= 4 is 23.7 Å². The average Bonchev–Trinajstić information content (AvgIpc) is 3.41. The second-order valence-corrected chi connectivity index (χ2v) is 9.72. The Hall–Kier alpha value is -3.80. The quantitative estimate of drug-likeness (QED) is 0.409. The van der Waals surface area contributed by atoms with Gasteiger partial charge in [0.1, 0.15) is 12.1 Å². The summed E-state index contributed by atoms with van der Waals surface area (Å²) in [5, 5.41) is 16.9. The van der Waals surface area contributed by atoms with Gasteiger partial charge in [-0.15, -0.1) is 5.10 Å². The maximum absolute atomic E-state index is 13.2. The van der Waals surface area contributed by atoms with Gasteiger partial charge in [-0.05, 0) is 44.1 Å². The van der Waals surface area contributed by atoms with Gasteiger partial charge in [-0.2, -0.15) is 0 Å². The summed E-state index contributed by atoms with van der Waals surface area (Å²) in [7, 11) is 1.27. The largest absolute Gasteiger partial charge is 0.467 e. The van der Waals surface area contributed by atoms with Gasteiger partial charge in [0.25, 0.3) is 0 Å². The molecule has 12 heteroatoms. The lowest BCUT2D eigenvalue weighted by molar-refractivity contribution is -0.145. The molecule has 1 aliphatic heterocycles. The van der Waals surface area contributed by atoms with Crippen molar-refractivity contribution < 1.29 is 23.9 Å². The molecular weight excluding hydrogens is 502 g/mol. The summed E-state index contributed by atoms with van der Waals surface area (Å²) in [6.45, 7) is 0.844. The number of nitrogens with two attached hydrogens (primary N) is 1. The van der Waals surface area contributed by atoms with Crippen molar-refractivity contribution in [2.24, 2.45) is 5.73 Å². The van der Waals surface area contributed by atoms with E-state index in [1.165, 1.54) is 7.11 Å². The van der Waals surface area contributed by atoms with Gasteiger partial charge in [0.15, 0.2) is 0 Å². The van der Waals surface area contributed by atoms with E-state index in [4.69, 9.17) is 10.5 Å². The second kappa shape index (κ2) is 15.6. The van der Waals surface area contributed by atoms with Gasteiger partial charge in [-0.1, -0.05) is 35.5 Å². The summed E-state index contributed by atoms with van der Waals surface area (Å²) in [5.74, 6) is -1.28. The number of hydrogen-bond acceptors (Lipinski definition) is 8. The van der Waals surface area contributed by atoms with Gasteiger partial charge in [-0.3, -0.25) is 14.4 Å². The number of aromatic nitrogens is 3. The van der Waals surface area contributed by atoms with E-state index < -0.39 is 30.0 Å². The number of ether oxygens (including phenoxy) is 1. The zero-order valence-electron chi connectivity index (χ0n) is 22.4. The first-order valence-corrected chi connectivity index (χ1v) is 13.5. The van der Waals surface area contributed by atoms with Gasteiger partial charge in [-0.25, -0.2) is 9.48 Å². The van der Waals surface area contributed by atoms with Gasteiger partial charge in [0, 0.05) is 38.5 Å². The third-order valence-electron chi connectivity index (χ3n) is 6.68. The third-order valence-corrected chi connectivity index (χ3v) is 6.68. The maximum Gasteiger partial charge on any atom is 0.328 e. The lowest BCUT2D eigenvalue weighted by atomic mass is 10.0. The van der Waals surface area contributed by atoms with Crippen LogP contribution in [0.3, 0.4) is 0 Å². The molecule has 0 spiro atoms. The molecule has 2 heterocycles. The van der Waals surface area contributed by atoms with E-state index in [2.05, 4.69) is 26.3 Å². The van der Waals surface area contributed by atoms with E-state index in [-0.39, 0.29) is 18.2 Å². The Labute approximate surface area is 228 Å². The van der Waals surface area contributed by atoms with Gasteiger partial charge in [0.2, 0.25) is 17.7 Å². The molecule has 2 bridgehead atoms. The molecule has 5 N–H and O–H groups in total.